The molecule has 2 aliphatic rings. The van der Waals surface area contributed by atoms with Crippen molar-refractivity contribution in [2.45, 2.75) is 50.5 Å². The Hall–Kier alpha value is -3.70. The van der Waals surface area contributed by atoms with E-state index in [0.29, 0.717) is 0 Å². The van der Waals surface area contributed by atoms with E-state index in [2.05, 4.69) is 39.1 Å². The van der Waals surface area contributed by atoms with E-state index in [-0.39, 0.29) is 47.4 Å². The predicted octanol–water partition coefficient (Wildman–Crippen LogP) is 3.41. The molecule has 2 aliphatic carbocycles. The average molecular weight is 506 g/mol. The summed E-state index contributed by atoms with van der Waals surface area (Å²) >= 11 is 0. The minimum absolute atomic E-state index is 0.108. The van der Waals surface area contributed by atoms with E-state index >= 15 is 0 Å². The Kier molecular flexibility index (Phi) is 5.39. The molecule has 1 unspecified atom stereocenters. The van der Waals surface area contributed by atoms with Crippen LogP contribution in [0.1, 0.15) is 67.9 Å². The molecule has 0 spiro atoms. The van der Waals surface area contributed by atoms with E-state index in [0.717, 1.165) is 29.8 Å². The highest BCUT2D eigenvalue weighted by Crippen LogP contribution is 2.69. The normalized spacial score (nSPS) is 22.3. The van der Waals surface area contributed by atoms with Crippen LogP contribution in [0.5, 0.6) is 0 Å². The number of halogens is 2. The summed E-state index contributed by atoms with van der Waals surface area (Å²) in [5, 5.41) is 32.3. The van der Waals surface area contributed by atoms with Crippen molar-refractivity contribution in [3.8, 4) is 17.2 Å². The summed E-state index contributed by atoms with van der Waals surface area (Å²) in [5.41, 5.74) is 1.55. The van der Waals surface area contributed by atoms with Crippen molar-refractivity contribution in [3.05, 3.63) is 77.3 Å². The third kappa shape index (κ3) is 3.33. The van der Waals surface area contributed by atoms with Gasteiger partial charge in [0.1, 0.15) is 24.1 Å². The van der Waals surface area contributed by atoms with Gasteiger partial charge in [-0.1, -0.05) is 19.9 Å². The molecule has 2 bridgehead atoms. The average Bonchev–Trinajstić information content (AvgIpc) is 3.53. The van der Waals surface area contributed by atoms with E-state index in [9.17, 15) is 13.9 Å². The lowest BCUT2D eigenvalue weighted by Crippen LogP contribution is -2.38. The second-order valence-electron chi connectivity index (χ2n) is 10.2. The Morgan fingerprint density at radius 3 is 2.68 bits per heavy atom. The molecule has 1 saturated carbocycles. The molecule has 3 heterocycles. The molecular weight excluding hydrogens is 480 g/mol. The molecule has 1 aromatic carbocycles. The summed E-state index contributed by atoms with van der Waals surface area (Å²) in [6.07, 6.45) is 3.85. The first-order chi connectivity index (χ1) is 17.8. The Bertz CT molecular complexity index is 1490. The van der Waals surface area contributed by atoms with Gasteiger partial charge in [0.15, 0.2) is 5.82 Å². The third-order valence-corrected chi connectivity index (χ3v) is 8.10. The molecular formula is C26H25F2N7O2. The maximum atomic E-state index is 14.5. The number of aliphatic hydroxyl groups excluding tert-OH is 2. The fourth-order valence-corrected chi connectivity index (χ4v) is 6.23. The van der Waals surface area contributed by atoms with Crippen LogP contribution in [0.15, 0.2) is 42.9 Å². The van der Waals surface area contributed by atoms with Crippen LogP contribution >= 0.6 is 0 Å². The van der Waals surface area contributed by atoms with Crippen molar-refractivity contribution in [2.24, 2.45) is 5.41 Å². The minimum Gasteiger partial charge on any atom is -0.396 e. The lowest BCUT2D eigenvalue weighted by molar-refractivity contribution is 0.126. The van der Waals surface area contributed by atoms with E-state index < -0.39 is 23.2 Å². The Morgan fingerprint density at radius 2 is 1.92 bits per heavy atom. The van der Waals surface area contributed by atoms with Gasteiger partial charge in [0.25, 0.3) is 5.95 Å². The highest BCUT2D eigenvalue weighted by molar-refractivity contribution is 5.64. The van der Waals surface area contributed by atoms with Crippen molar-refractivity contribution < 1.29 is 19.0 Å². The first kappa shape index (κ1) is 23.7. The van der Waals surface area contributed by atoms with Gasteiger partial charge in [-0.15, -0.1) is 10.2 Å². The van der Waals surface area contributed by atoms with Crippen LogP contribution in [0.2, 0.25) is 0 Å². The summed E-state index contributed by atoms with van der Waals surface area (Å²) in [5.74, 6) is -0.789. The number of nitrogens with zero attached hydrogens (tertiary/aromatic N) is 7. The Balaban J connectivity index is 1.44. The first-order valence-corrected chi connectivity index (χ1v) is 12.1. The molecule has 0 saturated heterocycles. The zero-order valence-electron chi connectivity index (χ0n) is 20.3. The summed E-state index contributed by atoms with van der Waals surface area (Å²) in [6, 6.07) is 7.38. The van der Waals surface area contributed by atoms with Crippen LogP contribution < -0.4 is 0 Å². The van der Waals surface area contributed by atoms with Gasteiger partial charge in [-0.05, 0) is 54.0 Å². The quantitative estimate of drug-likeness (QED) is 0.409. The van der Waals surface area contributed by atoms with Gasteiger partial charge in [0.2, 0.25) is 0 Å². The number of hydrogen-bond acceptors (Lipinski definition) is 8. The molecule has 0 aliphatic heterocycles. The second-order valence-corrected chi connectivity index (χ2v) is 10.2. The molecule has 1 fully saturated rings. The molecule has 4 aromatic rings. The predicted molar refractivity (Wildman–Crippen MR) is 128 cm³/mol. The van der Waals surface area contributed by atoms with Crippen LogP contribution in [-0.4, -0.2) is 51.7 Å². The van der Waals surface area contributed by atoms with Crippen molar-refractivity contribution in [2.75, 3.05) is 6.61 Å². The molecule has 3 aromatic heterocycles. The van der Waals surface area contributed by atoms with E-state index in [1.807, 2.05) is 6.07 Å². The van der Waals surface area contributed by atoms with Crippen LogP contribution in [0.4, 0.5) is 8.78 Å². The number of rotatable bonds is 6. The number of fused-ring (bicyclic) bond motifs is 5. The SMILES string of the molecule is CC1(C)[C@H]2CC[C@@]1(c1ccnc(-n3cnc(C(O)CCO)n3)n1)c1nnc(-c3c(F)cccc3F)cc12. The maximum Gasteiger partial charge on any atom is 0.252 e. The highest BCUT2D eigenvalue weighted by atomic mass is 19.1. The zero-order valence-corrected chi connectivity index (χ0v) is 20.3. The van der Waals surface area contributed by atoms with Crippen molar-refractivity contribution in [1.82, 2.24) is 34.9 Å². The molecule has 37 heavy (non-hydrogen) atoms. The Labute approximate surface area is 211 Å². The highest BCUT2D eigenvalue weighted by Gasteiger charge is 2.65. The van der Waals surface area contributed by atoms with Crippen LogP contribution in [0, 0.1) is 17.0 Å². The second kappa shape index (κ2) is 8.42. The van der Waals surface area contributed by atoms with Gasteiger partial charge in [0.05, 0.1) is 28.1 Å². The van der Waals surface area contributed by atoms with Crippen molar-refractivity contribution in [3.63, 3.8) is 0 Å². The molecule has 11 heteroatoms. The summed E-state index contributed by atoms with van der Waals surface area (Å²) < 4.78 is 30.4. The zero-order chi connectivity index (χ0) is 25.9. The van der Waals surface area contributed by atoms with E-state index in [1.165, 1.54) is 29.2 Å². The number of hydrogen-bond donors (Lipinski definition) is 2. The smallest absolute Gasteiger partial charge is 0.252 e. The van der Waals surface area contributed by atoms with Gasteiger partial charge >= 0.3 is 0 Å². The molecule has 0 amide bonds. The summed E-state index contributed by atoms with van der Waals surface area (Å²) in [4.78, 5) is 13.3. The largest absolute Gasteiger partial charge is 0.396 e. The molecule has 3 atom stereocenters. The minimum atomic E-state index is -0.993. The van der Waals surface area contributed by atoms with Crippen LogP contribution in [0.25, 0.3) is 17.2 Å². The topological polar surface area (TPSA) is 123 Å². The number of aliphatic hydroxyl groups is 2. The summed E-state index contributed by atoms with van der Waals surface area (Å²) in [7, 11) is 0. The first-order valence-electron chi connectivity index (χ1n) is 12.1. The molecule has 2 N–H and O–H groups in total. The summed E-state index contributed by atoms with van der Waals surface area (Å²) in [6.45, 7) is 4.14. The number of aromatic nitrogens is 7. The fraction of sp³-hybridized carbons (Fsp3) is 0.385. The standard InChI is InChI=1S/C26H25F2N7O2/c1-25(2)15-6-9-26(25,22-14(15)12-18(32-33-22)21-16(27)4-3-5-17(21)28)20-7-10-29-24(31-20)35-13-30-23(34-35)19(37)8-11-36/h3-5,7,10,12-13,15,19,36-37H,6,8-9,11H2,1-2H3/t15-,19?,26+/m0/s1. The number of benzene rings is 1. The maximum absolute atomic E-state index is 14.5. The fourth-order valence-electron chi connectivity index (χ4n) is 6.23. The monoisotopic (exact) mass is 505 g/mol. The van der Waals surface area contributed by atoms with Crippen LogP contribution in [-0.2, 0) is 5.41 Å². The van der Waals surface area contributed by atoms with E-state index in [4.69, 9.17) is 10.1 Å². The van der Waals surface area contributed by atoms with Gasteiger partial charge in [-0.25, -0.2) is 23.7 Å². The van der Waals surface area contributed by atoms with Crippen molar-refractivity contribution in [1.29, 1.82) is 0 Å². The molecule has 6 rings (SSSR count). The Morgan fingerprint density at radius 1 is 1.14 bits per heavy atom. The van der Waals surface area contributed by atoms with Crippen molar-refractivity contribution >= 4 is 0 Å². The van der Waals surface area contributed by atoms with Gasteiger partial charge < -0.3 is 10.2 Å². The van der Waals surface area contributed by atoms with E-state index in [1.54, 1.807) is 12.3 Å². The third-order valence-electron chi connectivity index (χ3n) is 8.10. The molecule has 0 radical (unpaired) electrons. The van der Waals surface area contributed by atoms with Gasteiger partial charge in [0, 0.05) is 19.2 Å². The lowest BCUT2D eigenvalue weighted by atomic mass is 9.66. The lowest BCUT2D eigenvalue weighted by Gasteiger charge is -2.37. The van der Waals surface area contributed by atoms with Gasteiger partial charge in [-0.3, -0.25) is 0 Å². The van der Waals surface area contributed by atoms with Gasteiger partial charge in [-0.2, -0.15) is 9.78 Å². The van der Waals surface area contributed by atoms with Crippen LogP contribution in [0.3, 0.4) is 0 Å². The molecule has 9 nitrogen and oxygen atoms in total. The molecule has 190 valence electrons.